The average Bonchev–Trinajstić information content (AvgIpc) is 4.00. The molecule has 0 N–H and O–H groups in total. The highest BCUT2D eigenvalue weighted by atomic mass is 15.2. The molecular weight excluding hydrogens is 769 g/mol. The Hall–Kier alpha value is -8.61. The molecule has 0 spiro atoms. The number of hydrogen-bond donors (Lipinski definition) is 0. The summed E-state index contributed by atoms with van der Waals surface area (Å²) in [4.78, 5) is 15.9. The standard InChI is InChI=1S/C57H36N6/c1-4-18-37(19-5-1)40-32-33-52-46(34-40)47-35-41(61-48-28-14-10-24-42(48)43-25-11-15-29-49(43)61)36-53(62-50-30-16-12-26-44(50)45-27-13-17-31-51(45)62)54(47)63(52)57-59-55(38-20-6-2-7-21-38)58-56(60-57)39-22-8-3-9-23-39/h1-36H. The van der Waals surface area contributed by atoms with Gasteiger partial charge in [-0.15, -0.1) is 0 Å². The lowest BCUT2D eigenvalue weighted by molar-refractivity contribution is 0.949. The van der Waals surface area contributed by atoms with Crippen molar-refractivity contribution < 1.29 is 0 Å². The molecular formula is C57H36N6. The second-order valence-electron chi connectivity index (χ2n) is 16.0. The highest BCUT2D eigenvalue weighted by molar-refractivity contribution is 6.17. The molecule has 0 aliphatic rings. The summed E-state index contributed by atoms with van der Waals surface area (Å²) in [5.74, 6) is 1.76. The van der Waals surface area contributed by atoms with Crippen LogP contribution in [0.4, 0.5) is 0 Å². The number of nitrogens with zero attached hydrogens (tertiary/aromatic N) is 6. The number of rotatable bonds is 6. The molecule has 4 aromatic heterocycles. The molecule has 0 saturated heterocycles. The zero-order valence-electron chi connectivity index (χ0n) is 34.0. The van der Waals surface area contributed by atoms with Crippen molar-refractivity contribution in [3.8, 4) is 51.2 Å². The van der Waals surface area contributed by atoms with E-state index in [4.69, 9.17) is 15.0 Å². The third kappa shape index (κ3) is 5.48. The lowest BCUT2D eigenvalue weighted by Gasteiger charge is -2.17. The van der Waals surface area contributed by atoms with Gasteiger partial charge in [0.2, 0.25) is 5.95 Å². The van der Waals surface area contributed by atoms with Gasteiger partial charge in [-0.05, 0) is 59.7 Å². The number of para-hydroxylation sites is 4. The fourth-order valence-corrected chi connectivity index (χ4v) is 9.71. The Morgan fingerprint density at radius 1 is 0.270 bits per heavy atom. The molecule has 294 valence electrons. The molecule has 0 radical (unpaired) electrons. The zero-order chi connectivity index (χ0) is 41.4. The van der Waals surface area contributed by atoms with E-state index in [1.807, 2.05) is 36.4 Å². The second-order valence-corrected chi connectivity index (χ2v) is 16.0. The molecule has 0 aliphatic carbocycles. The van der Waals surface area contributed by atoms with Gasteiger partial charge in [-0.1, -0.05) is 170 Å². The Bertz CT molecular complexity index is 3730. The van der Waals surface area contributed by atoms with Crippen LogP contribution in [-0.2, 0) is 0 Å². The van der Waals surface area contributed by atoms with Crippen LogP contribution in [0, 0.1) is 0 Å². The van der Waals surface area contributed by atoms with Crippen molar-refractivity contribution in [1.82, 2.24) is 28.7 Å². The number of fused-ring (bicyclic) bond motifs is 9. The molecule has 6 heteroatoms. The predicted molar refractivity (Wildman–Crippen MR) is 259 cm³/mol. The maximum absolute atomic E-state index is 5.38. The highest BCUT2D eigenvalue weighted by Crippen LogP contribution is 2.43. The van der Waals surface area contributed by atoms with Gasteiger partial charge in [0.1, 0.15) is 0 Å². The van der Waals surface area contributed by atoms with Gasteiger partial charge in [0.25, 0.3) is 0 Å². The minimum atomic E-state index is 0.543. The highest BCUT2D eigenvalue weighted by Gasteiger charge is 2.25. The summed E-state index contributed by atoms with van der Waals surface area (Å²) in [7, 11) is 0. The summed E-state index contributed by atoms with van der Waals surface area (Å²) in [5.41, 5.74) is 12.7. The summed E-state index contributed by atoms with van der Waals surface area (Å²) < 4.78 is 7.14. The molecule has 63 heavy (non-hydrogen) atoms. The first-order chi connectivity index (χ1) is 31.3. The summed E-state index contributed by atoms with van der Waals surface area (Å²) >= 11 is 0. The minimum absolute atomic E-state index is 0.543. The molecule has 13 aromatic rings. The summed E-state index contributed by atoms with van der Waals surface area (Å²) in [6.07, 6.45) is 0. The van der Waals surface area contributed by atoms with Crippen LogP contribution in [-0.4, -0.2) is 28.7 Å². The second kappa shape index (κ2) is 14.0. The fraction of sp³-hybridized carbons (Fsp3) is 0. The maximum Gasteiger partial charge on any atom is 0.238 e. The molecule has 13 rings (SSSR count). The van der Waals surface area contributed by atoms with E-state index < -0.39 is 0 Å². The van der Waals surface area contributed by atoms with Crippen molar-refractivity contribution >= 4 is 65.4 Å². The zero-order valence-corrected chi connectivity index (χ0v) is 34.0. The Balaban J connectivity index is 1.24. The van der Waals surface area contributed by atoms with E-state index in [1.54, 1.807) is 0 Å². The third-order valence-electron chi connectivity index (χ3n) is 12.5. The van der Waals surface area contributed by atoms with Crippen LogP contribution in [0.5, 0.6) is 0 Å². The summed E-state index contributed by atoms with van der Waals surface area (Å²) in [6, 6.07) is 77.5. The third-order valence-corrected chi connectivity index (χ3v) is 12.5. The molecule has 0 atom stereocenters. The van der Waals surface area contributed by atoms with Crippen LogP contribution in [0.25, 0.3) is 117 Å². The first kappa shape index (κ1) is 35.2. The number of hydrogen-bond acceptors (Lipinski definition) is 3. The van der Waals surface area contributed by atoms with Crippen molar-refractivity contribution in [2.45, 2.75) is 0 Å². The van der Waals surface area contributed by atoms with E-state index in [9.17, 15) is 0 Å². The molecule has 0 amide bonds. The molecule has 0 unspecified atom stereocenters. The quantitative estimate of drug-likeness (QED) is 0.168. The van der Waals surface area contributed by atoms with E-state index in [1.165, 1.54) is 21.5 Å². The molecule has 0 fully saturated rings. The lowest BCUT2D eigenvalue weighted by Crippen LogP contribution is -2.08. The van der Waals surface area contributed by atoms with Crippen molar-refractivity contribution in [3.05, 3.63) is 218 Å². The van der Waals surface area contributed by atoms with Crippen LogP contribution in [0.1, 0.15) is 0 Å². The van der Waals surface area contributed by atoms with E-state index in [0.717, 1.165) is 77.5 Å². The van der Waals surface area contributed by atoms with Gasteiger partial charge in [0, 0.05) is 49.1 Å². The van der Waals surface area contributed by atoms with E-state index in [0.29, 0.717) is 17.6 Å². The van der Waals surface area contributed by atoms with Gasteiger partial charge in [-0.3, -0.25) is 4.57 Å². The molecule has 0 saturated carbocycles. The number of aromatic nitrogens is 6. The Kier molecular flexibility index (Phi) is 7.80. The van der Waals surface area contributed by atoms with E-state index >= 15 is 0 Å². The predicted octanol–water partition coefficient (Wildman–Crippen LogP) is 14.2. The van der Waals surface area contributed by atoms with Gasteiger partial charge in [-0.25, -0.2) is 4.98 Å². The van der Waals surface area contributed by atoms with Crippen LogP contribution in [0.2, 0.25) is 0 Å². The molecule has 6 nitrogen and oxygen atoms in total. The van der Waals surface area contributed by atoms with Crippen LogP contribution in [0.3, 0.4) is 0 Å². The van der Waals surface area contributed by atoms with Gasteiger partial charge in [-0.2, -0.15) is 9.97 Å². The van der Waals surface area contributed by atoms with Crippen LogP contribution >= 0.6 is 0 Å². The number of benzene rings is 9. The maximum atomic E-state index is 5.38. The van der Waals surface area contributed by atoms with Crippen molar-refractivity contribution in [3.63, 3.8) is 0 Å². The van der Waals surface area contributed by atoms with Crippen LogP contribution < -0.4 is 0 Å². The lowest BCUT2D eigenvalue weighted by atomic mass is 10.0. The SMILES string of the molecule is c1ccc(-c2ccc3c(c2)c2cc(-n4c5ccccc5c5ccccc54)cc(-n4c5ccccc5c5ccccc54)c2n3-c2nc(-c3ccccc3)nc(-c3ccccc3)n2)cc1. The summed E-state index contributed by atoms with van der Waals surface area (Å²) in [6.45, 7) is 0. The largest absolute Gasteiger partial charge is 0.309 e. The van der Waals surface area contributed by atoms with E-state index in [2.05, 4.69) is 196 Å². The van der Waals surface area contributed by atoms with E-state index in [-0.39, 0.29) is 0 Å². The molecule has 0 bridgehead atoms. The van der Waals surface area contributed by atoms with Gasteiger partial charge in [0.15, 0.2) is 11.6 Å². The average molecular weight is 805 g/mol. The molecule has 0 aliphatic heterocycles. The Morgan fingerprint density at radius 2 is 0.698 bits per heavy atom. The fourth-order valence-electron chi connectivity index (χ4n) is 9.71. The van der Waals surface area contributed by atoms with Gasteiger partial charge in [0.05, 0.1) is 38.8 Å². The molecule has 9 aromatic carbocycles. The Morgan fingerprint density at radius 3 is 1.21 bits per heavy atom. The first-order valence-corrected chi connectivity index (χ1v) is 21.3. The Labute approximate surface area is 362 Å². The summed E-state index contributed by atoms with van der Waals surface area (Å²) in [5, 5.41) is 6.99. The van der Waals surface area contributed by atoms with Gasteiger partial charge >= 0.3 is 0 Å². The topological polar surface area (TPSA) is 53.5 Å². The van der Waals surface area contributed by atoms with Crippen molar-refractivity contribution in [1.29, 1.82) is 0 Å². The van der Waals surface area contributed by atoms with Crippen molar-refractivity contribution in [2.75, 3.05) is 0 Å². The van der Waals surface area contributed by atoms with Crippen molar-refractivity contribution in [2.24, 2.45) is 0 Å². The monoisotopic (exact) mass is 804 g/mol. The molecule has 4 heterocycles. The smallest absolute Gasteiger partial charge is 0.238 e. The van der Waals surface area contributed by atoms with Gasteiger partial charge < -0.3 is 9.13 Å². The minimum Gasteiger partial charge on any atom is -0.309 e. The first-order valence-electron chi connectivity index (χ1n) is 21.3. The van der Waals surface area contributed by atoms with Crippen LogP contribution in [0.15, 0.2) is 218 Å². The normalized spacial score (nSPS) is 11.8.